The molecule has 0 unspecified atom stereocenters. The second kappa shape index (κ2) is 4.35. The third-order valence-electron chi connectivity index (χ3n) is 2.52. The molecule has 0 aromatic carbocycles. The van der Waals surface area contributed by atoms with Crippen molar-refractivity contribution in [3.8, 4) is 0 Å². The fourth-order valence-corrected chi connectivity index (χ4v) is 1.83. The summed E-state index contributed by atoms with van der Waals surface area (Å²) < 4.78 is 0. The van der Waals surface area contributed by atoms with Crippen LogP contribution in [0.25, 0.3) is 0 Å². The van der Waals surface area contributed by atoms with Crippen molar-refractivity contribution in [3.63, 3.8) is 0 Å². The molecule has 17 heavy (non-hydrogen) atoms. The molecule has 1 aliphatic heterocycles. The fraction of sp³-hybridized carbons (Fsp3) is 0.727. The SMILES string of the molecule is CC(C)(C)Nc1nc(N)nc(N2CCCC2)n1. The summed E-state index contributed by atoms with van der Waals surface area (Å²) in [4.78, 5) is 14.9. The Kier molecular flexibility index (Phi) is 3.04. The van der Waals surface area contributed by atoms with Gasteiger partial charge in [0, 0.05) is 18.6 Å². The number of nitrogens with one attached hydrogen (secondary N) is 1. The Labute approximate surface area is 102 Å². The van der Waals surface area contributed by atoms with Gasteiger partial charge in [0.1, 0.15) is 0 Å². The van der Waals surface area contributed by atoms with Crippen LogP contribution in [0.4, 0.5) is 17.8 Å². The largest absolute Gasteiger partial charge is 0.368 e. The average molecular weight is 236 g/mol. The molecule has 0 atom stereocenters. The molecule has 6 heteroatoms. The van der Waals surface area contributed by atoms with E-state index in [2.05, 4.69) is 45.9 Å². The normalized spacial score (nSPS) is 16.3. The van der Waals surface area contributed by atoms with E-state index in [1.807, 2.05) is 0 Å². The third-order valence-corrected chi connectivity index (χ3v) is 2.52. The van der Waals surface area contributed by atoms with Crippen molar-refractivity contribution >= 4 is 17.8 Å². The van der Waals surface area contributed by atoms with Crippen LogP contribution in [-0.2, 0) is 0 Å². The van der Waals surface area contributed by atoms with Gasteiger partial charge < -0.3 is 16.0 Å². The van der Waals surface area contributed by atoms with E-state index in [4.69, 9.17) is 5.73 Å². The molecular weight excluding hydrogens is 216 g/mol. The minimum absolute atomic E-state index is 0.0872. The van der Waals surface area contributed by atoms with Crippen molar-refractivity contribution in [1.29, 1.82) is 0 Å². The van der Waals surface area contributed by atoms with Crippen molar-refractivity contribution in [2.24, 2.45) is 0 Å². The lowest BCUT2D eigenvalue weighted by molar-refractivity contribution is 0.625. The highest BCUT2D eigenvalue weighted by Crippen LogP contribution is 2.19. The first kappa shape index (κ1) is 11.9. The number of anilines is 3. The number of nitrogens with two attached hydrogens (primary N) is 1. The molecule has 1 aliphatic rings. The van der Waals surface area contributed by atoms with Gasteiger partial charge in [-0.1, -0.05) is 0 Å². The maximum atomic E-state index is 5.72. The van der Waals surface area contributed by atoms with E-state index >= 15 is 0 Å². The summed E-state index contributed by atoms with van der Waals surface area (Å²) in [7, 11) is 0. The van der Waals surface area contributed by atoms with Gasteiger partial charge in [0.05, 0.1) is 0 Å². The van der Waals surface area contributed by atoms with E-state index in [0.717, 1.165) is 13.1 Å². The number of aromatic nitrogens is 3. The first-order chi connectivity index (χ1) is 7.94. The minimum atomic E-state index is -0.0872. The first-order valence-corrected chi connectivity index (χ1v) is 5.99. The van der Waals surface area contributed by atoms with Crippen LogP contribution >= 0.6 is 0 Å². The van der Waals surface area contributed by atoms with E-state index in [1.165, 1.54) is 12.8 Å². The smallest absolute Gasteiger partial charge is 0.231 e. The highest BCUT2D eigenvalue weighted by atomic mass is 15.3. The van der Waals surface area contributed by atoms with E-state index < -0.39 is 0 Å². The zero-order valence-corrected chi connectivity index (χ0v) is 10.7. The van der Waals surface area contributed by atoms with Crippen LogP contribution in [0.15, 0.2) is 0 Å². The van der Waals surface area contributed by atoms with E-state index in [0.29, 0.717) is 11.9 Å². The average Bonchev–Trinajstić information content (AvgIpc) is 2.65. The Balaban J connectivity index is 2.22. The maximum absolute atomic E-state index is 5.72. The van der Waals surface area contributed by atoms with E-state index in [9.17, 15) is 0 Å². The van der Waals surface area contributed by atoms with E-state index in [-0.39, 0.29) is 11.5 Å². The summed E-state index contributed by atoms with van der Waals surface area (Å²) in [5.74, 6) is 1.50. The highest BCUT2D eigenvalue weighted by molar-refractivity contribution is 5.43. The van der Waals surface area contributed by atoms with Gasteiger partial charge in [-0.05, 0) is 33.6 Å². The zero-order chi connectivity index (χ0) is 12.5. The Hall–Kier alpha value is -1.59. The molecule has 1 fully saturated rings. The van der Waals surface area contributed by atoms with Gasteiger partial charge in [-0.15, -0.1) is 0 Å². The second-order valence-electron chi connectivity index (χ2n) is 5.39. The van der Waals surface area contributed by atoms with E-state index in [1.54, 1.807) is 0 Å². The van der Waals surface area contributed by atoms with Gasteiger partial charge in [-0.2, -0.15) is 15.0 Å². The fourth-order valence-electron chi connectivity index (χ4n) is 1.83. The Morgan fingerprint density at radius 1 is 1.12 bits per heavy atom. The van der Waals surface area contributed by atoms with Crippen LogP contribution in [0.2, 0.25) is 0 Å². The second-order valence-corrected chi connectivity index (χ2v) is 5.39. The minimum Gasteiger partial charge on any atom is -0.368 e. The van der Waals surface area contributed by atoms with Crippen LogP contribution in [0.5, 0.6) is 0 Å². The summed E-state index contributed by atoms with van der Waals surface area (Å²) in [6, 6.07) is 0. The van der Waals surface area contributed by atoms with Crippen LogP contribution in [0.1, 0.15) is 33.6 Å². The summed E-state index contributed by atoms with van der Waals surface area (Å²) in [6.07, 6.45) is 2.38. The van der Waals surface area contributed by atoms with Crippen molar-refractivity contribution in [2.45, 2.75) is 39.2 Å². The molecule has 1 aromatic rings. The molecule has 0 saturated carbocycles. The van der Waals surface area contributed by atoms with Gasteiger partial charge in [-0.3, -0.25) is 0 Å². The summed E-state index contributed by atoms with van der Waals surface area (Å²) in [5.41, 5.74) is 5.63. The molecule has 3 N–H and O–H groups in total. The summed E-state index contributed by atoms with van der Waals surface area (Å²) >= 11 is 0. The number of hydrogen-bond donors (Lipinski definition) is 2. The molecule has 2 heterocycles. The highest BCUT2D eigenvalue weighted by Gasteiger charge is 2.18. The quantitative estimate of drug-likeness (QED) is 0.804. The lowest BCUT2D eigenvalue weighted by Gasteiger charge is -2.22. The molecule has 0 bridgehead atoms. The molecule has 1 aromatic heterocycles. The van der Waals surface area contributed by atoms with Gasteiger partial charge in [0.2, 0.25) is 17.8 Å². The Bertz CT molecular complexity index is 391. The lowest BCUT2D eigenvalue weighted by Crippen LogP contribution is -2.29. The molecule has 0 radical (unpaired) electrons. The zero-order valence-electron chi connectivity index (χ0n) is 10.7. The molecule has 0 amide bonds. The number of hydrogen-bond acceptors (Lipinski definition) is 6. The number of nitrogens with zero attached hydrogens (tertiary/aromatic N) is 4. The topological polar surface area (TPSA) is 80.0 Å². The van der Waals surface area contributed by atoms with Crippen LogP contribution in [0, 0.1) is 0 Å². The molecule has 94 valence electrons. The summed E-state index contributed by atoms with van der Waals surface area (Å²) in [5, 5.41) is 3.22. The molecule has 6 nitrogen and oxygen atoms in total. The number of rotatable bonds is 2. The molecule has 0 spiro atoms. The molecule has 1 saturated heterocycles. The van der Waals surface area contributed by atoms with Gasteiger partial charge in [0.15, 0.2) is 0 Å². The first-order valence-electron chi connectivity index (χ1n) is 5.99. The van der Waals surface area contributed by atoms with Crippen LogP contribution in [0.3, 0.4) is 0 Å². The summed E-state index contributed by atoms with van der Waals surface area (Å²) in [6.45, 7) is 8.17. The number of nitrogen functional groups attached to an aromatic ring is 1. The van der Waals surface area contributed by atoms with Crippen LogP contribution < -0.4 is 16.0 Å². The van der Waals surface area contributed by atoms with Crippen molar-refractivity contribution in [2.75, 3.05) is 29.0 Å². The monoisotopic (exact) mass is 236 g/mol. The molecule has 2 rings (SSSR count). The van der Waals surface area contributed by atoms with Crippen molar-refractivity contribution in [1.82, 2.24) is 15.0 Å². The standard InChI is InChI=1S/C11H20N6/c1-11(2,3)16-9-13-8(12)14-10(15-9)17-6-4-5-7-17/h4-7H2,1-3H3,(H3,12,13,14,15,16). The Morgan fingerprint density at radius 3 is 2.35 bits per heavy atom. The maximum Gasteiger partial charge on any atom is 0.231 e. The predicted octanol–water partition coefficient (Wildman–Crippen LogP) is 1.26. The Morgan fingerprint density at radius 2 is 1.76 bits per heavy atom. The molecular formula is C11H20N6. The van der Waals surface area contributed by atoms with Gasteiger partial charge in [0.25, 0.3) is 0 Å². The van der Waals surface area contributed by atoms with Crippen molar-refractivity contribution in [3.05, 3.63) is 0 Å². The van der Waals surface area contributed by atoms with Crippen molar-refractivity contribution < 1.29 is 0 Å². The van der Waals surface area contributed by atoms with Gasteiger partial charge >= 0.3 is 0 Å². The third kappa shape index (κ3) is 3.18. The predicted molar refractivity (Wildman–Crippen MR) is 69.1 cm³/mol. The molecule has 0 aliphatic carbocycles. The van der Waals surface area contributed by atoms with Gasteiger partial charge in [-0.25, -0.2) is 0 Å². The lowest BCUT2D eigenvalue weighted by atomic mass is 10.1. The van der Waals surface area contributed by atoms with Crippen LogP contribution in [-0.4, -0.2) is 33.6 Å².